The molecule has 1 fully saturated rings. The molecule has 16 heavy (non-hydrogen) atoms. The summed E-state index contributed by atoms with van der Waals surface area (Å²) in [7, 11) is 0. The minimum Gasteiger partial charge on any atom is -0.481 e. The van der Waals surface area contributed by atoms with Gasteiger partial charge in [-0.25, -0.2) is 4.39 Å². The fourth-order valence-corrected chi connectivity index (χ4v) is 2.64. The molecule has 0 amide bonds. The molecule has 0 spiro atoms. The van der Waals surface area contributed by atoms with Crippen LogP contribution in [0.2, 0.25) is 0 Å². The molecule has 1 aromatic rings. The maximum atomic E-state index is 13.3. The number of carboxylic acids is 1. The first kappa shape index (κ1) is 11.6. The first-order chi connectivity index (χ1) is 7.49. The second kappa shape index (κ2) is 3.84. The van der Waals surface area contributed by atoms with Crippen LogP contribution < -0.4 is 0 Å². The van der Waals surface area contributed by atoms with Crippen molar-refractivity contribution in [3.63, 3.8) is 0 Å². The van der Waals surface area contributed by atoms with Crippen LogP contribution in [-0.4, -0.2) is 11.1 Å². The highest BCUT2D eigenvalue weighted by Crippen LogP contribution is 2.46. The number of halogens is 2. The topological polar surface area (TPSA) is 37.3 Å². The van der Waals surface area contributed by atoms with Crippen molar-refractivity contribution in [2.24, 2.45) is 0 Å². The molecule has 1 aromatic carbocycles. The molecule has 0 atom stereocenters. The molecule has 0 unspecified atom stereocenters. The van der Waals surface area contributed by atoms with E-state index >= 15 is 0 Å². The van der Waals surface area contributed by atoms with E-state index in [0.29, 0.717) is 22.9 Å². The minimum atomic E-state index is -0.805. The van der Waals surface area contributed by atoms with E-state index in [2.05, 4.69) is 15.9 Å². The van der Waals surface area contributed by atoms with E-state index in [1.165, 1.54) is 6.07 Å². The van der Waals surface area contributed by atoms with Gasteiger partial charge in [0.2, 0.25) is 0 Å². The molecule has 2 rings (SSSR count). The predicted molar refractivity (Wildman–Crippen MR) is 62.0 cm³/mol. The molecular formula is C12H12BrFO2. The smallest absolute Gasteiger partial charge is 0.314 e. The summed E-state index contributed by atoms with van der Waals surface area (Å²) in [6.07, 6.45) is 2.20. The Morgan fingerprint density at radius 2 is 2.12 bits per heavy atom. The fraction of sp³-hybridized carbons (Fsp3) is 0.417. The lowest BCUT2D eigenvalue weighted by Crippen LogP contribution is -2.43. The Morgan fingerprint density at radius 1 is 1.50 bits per heavy atom. The third-order valence-corrected chi connectivity index (χ3v) is 4.44. The Labute approximate surface area is 102 Å². The zero-order chi connectivity index (χ0) is 11.9. The van der Waals surface area contributed by atoms with E-state index in [1.54, 1.807) is 13.0 Å². The van der Waals surface area contributed by atoms with Gasteiger partial charge < -0.3 is 5.11 Å². The second-order valence-corrected chi connectivity index (χ2v) is 5.07. The Morgan fingerprint density at radius 3 is 2.56 bits per heavy atom. The van der Waals surface area contributed by atoms with Crippen LogP contribution >= 0.6 is 15.9 Å². The van der Waals surface area contributed by atoms with Crippen molar-refractivity contribution in [1.29, 1.82) is 0 Å². The number of carbonyl (C=O) groups is 1. The van der Waals surface area contributed by atoms with Crippen molar-refractivity contribution in [2.75, 3.05) is 0 Å². The molecule has 86 valence electrons. The fourth-order valence-electron chi connectivity index (χ4n) is 2.30. The van der Waals surface area contributed by atoms with E-state index in [-0.39, 0.29) is 5.82 Å². The summed E-state index contributed by atoms with van der Waals surface area (Å²) in [5.41, 5.74) is 0.641. The van der Waals surface area contributed by atoms with Crippen LogP contribution in [0, 0.1) is 12.7 Å². The van der Waals surface area contributed by atoms with Crippen molar-refractivity contribution in [2.45, 2.75) is 31.6 Å². The number of carboxylic acid groups (broad SMARTS) is 1. The molecule has 0 bridgehead atoms. The van der Waals surface area contributed by atoms with Crippen molar-refractivity contribution in [3.8, 4) is 0 Å². The average Bonchev–Trinajstić information content (AvgIpc) is 2.16. The Bertz CT molecular complexity index is 453. The van der Waals surface area contributed by atoms with Crippen molar-refractivity contribution >= 4 is 21.9 Å². The zero-order valence-electron chi connectivity index (χ0n) is 8.89. The highest BCUT2D eigenvalue weighted by Gasteiger charge is 2.47. The van der Waals surface area contributed by atoms with Gasteiger partial charge >= 0.3 is 5.97 Å². The SMILES string of the molecule is Cc1c(C2(C(=O)O)CCC2)ccc(F)c1Br. The van der Waals surface area contributed by atoms with Gasteiger partial charge in [0.05, 0.1) is 9.89 Å². The Hall–Kier alpha value is -0.900. The Kier molecular flexibility index (Phi) is 2.78. The van der Waals surface area contributed by atoms with Gasteiger partial charge in [-0.05, 0) is 52.9 Å². The molecule has 0 aromatic heterocycles. The van der Waals surface area contributed by atoms with Gasteiger partial charge in [-0.1, -0.05) is 12.5 Å². The van der Waals surface area contributed by atoms with E-state index < -0.39 is 11.4 Å². The summed E-state index contributed by atoms with van der Waals surface area (Å²) in [4.78, 5) is 11.3. The zero-order valence-corrected chi connectivity index (χ0v) is 10.5. The lowest BCUT2D eigenvalue weighted by molar-refractivity contribution is -0.147. The molecule has 0 saturated heterocycles. The molecule has 0 aliphatic heterocycles. The maximum absolute atomic E-state index is 13.3. The molecule has 1 aliphatic rings. The summed E-state index contributed by atoms with van der Waals surface area (Å²) in [6.45, 7) is 1.76. The number of aliphatic carboxylic acids is 1. The van der Waals surface area contributed by atoms with Gasteiger partial charge in [-0.2, -0.15) is 0 Å². The molecule has 0 radical (unpaired) electrons. The summed E-state index contributed by atoms with van der Waals surface area (Å²) in [5.74, 6) is -1.15. The van der Waals surface area contributed by atoms with Gasteiger partial charge in [0.15, 0.2) is 0 Å². The predicted octanol–water partition coefficient (Wildman–Crippen LogP) is 3.40. The second-order valence-electron chi connectivity index (χ2n) is 4.27. The lowest BCUT2D eigenvalue weighted by atomic mass is 9.63. The van der Waals surface area contributed by atoms with E-state index in [9.17, 15) is 14.3 Å². The van der Waals surface area contributed by atoms with Crippen LogP contribution in [-0.2, 0) is 10.2 Å². The molecule has 1 N–H and O–H groups in total. The van der Waals surface area contributed by atoms with Crippen LogP contribution in [0.4, 0.5) is 4.39 Å². The monoisotopic (exact) mass is 286 g/mol. The minimum absolute atomic E-state index is 0.346. The molecular weight excluding hydrogens is 275 g/mol. The summed E-state index contributed by atoms with van der Waals surface area (Å²) in [6, 6.07) is 2.93. The molecule has 2 nitrogen and oxygen atoms in total. The number of rotatable bonds is 2. The summed E-state index contributed by atoms with van der Waals surface area (Å²) >= 11 is 3.16. The van der Waals surface area contributed by atoms with Crippen LogP contribution in [0.25, 0.3) is 0 Å². The maximum Gasteiger partial charge on any atom is 0.314 e. The highest BCUT2D eigenvalue weighted by atomic mass is 79.9. The number of hydrogen-bond acceptors (Lipinski definition) is 1. The van der Waals surface area contributed by atoms with E-state index in [0.717, 1.165) is 12.0 Å². The normalized spacial score (nSPS) is 17.9. The lowest BCUT2D eigenvalue weighted by Gasteiger charge is -2.39. The van der Waals surface area contributed by atoms with E-state index in [1.807, 2.05) is 0 Å². The van der Waals surface area contributed by atoms with Gasteiger partial charge in [0.1, 0.15) is 5.82 Å². The van der Waals surface area contributed by atoms with Crippen LogP contribution in [0.15, 0.2) is 16.6 Å². The first-order valence-corrected chi connectivity index (χ1v) is 5.97. The molecule has 1 saturated carbocycles. The molecule has 0 heterocycles. The standard InChI is InChI=1S/C12H12BrFO2/c1-7-8(3-4-9(14)10(7)13)12(11(15)16)5-2-6-12/h3-4H,2,5-6H2,1H3,(H,15,16). The molecule has 4 heteroatoms. The van der Waals surface area contributed by atoms with Crippen LogP contribution in [0.3, 0.4) is 0 Å². The van der Waals surface area contributed by atoms with Gasteiger partial charge in [-0.3, -0.25) is 4.79 Å². The number of hydrogen-bond donors (Lipinski definition) is 1. The van der Waals surface area contributed by atoms with Crippen LogP contribution in [0.1, 0.15) is 30.4 Å². The van der Waals surface area contributed by atoms with Gasteiger partial charge in [0, 0.05) is 0 Å². The largest absolute Gasteiger partial charge is 0.481 e. The summed E-state index contributed by atoms with van der Waals surface area (Å²) < 4.78 is 13.6. The molecule has 1 aliphatic carbocycles. The van der Waals surface area contributed by atoms with Gasteiger partial charge in [0.25, 0.3) is 0 Å². The van der Waals surface area contributed by atoms with Crippen LogP contribution in [0.5, 0.6) is 0 Å². The number of benzene rings is 1. The average molecular weight is 287 g/mol. The summed E-state index contributed by atoms with van der Waals surface area (Å²) in [5, 5.41) is 9.31. The van der Waals surface area contributed by atoms with Crippen molar-refractivity contribution in [3.05, 3.63) is 33.5 Å². The van der Waals surface area contributed by atoms with Crippen molar-refractivity contribution in [1.82, 2.24) is 0 Å². The van der Waals surface area contributed by atoms with E-state index in [4.69, 9.17) is 0 Å². The van der Waals surface area contributed by atoms with Crippen molar-refractivity contribution < 1.29 is 14.3 Å². The first-order valence-electron chi connectivity index (χ1n) is 5.17. The third-order valence-electron chi connectivity index (χ3n) is 3.47. The highest BCUT2D eigenvalue weighted by molar-refractivity contribution is 9.10. The quantitative estimate of drug-likeness (QED) is 0.905. The van der Waals surface area contributed by atoms with Gasteiger partial charge in [-0.15, -0.1) is 0 Å². The third kappa shape index (κ3) is 1.47. The Balaban J connectivity index is 2.56.